The van der Waals surface area contributed by atoms with Gasteiger partial charge < -0.3 is 10.3 Å². The molecule has 1 amide bonds. The number of aromatic amines is 1. The minimum Gasteiger partial charge on any atom is -0.356 e. The molecule has 2 aromatic heterocycles. The van der Waals surface area contributed by atoms with E-state index in [2.05, 4.69) is 27.2 Å². The van der Waals surface area contributed by atoms with Crippen molar-refractivity contribution in [1.29, 1.82) is 0 Å². The Balaban J connectivity index is 2.17. The van der Waals surface area contributed by atoms with Crippen LogP contribution in [-0.2, 0) is 11.2 Å². The molecule has 2 aromatic rings. The van der Waals surface area contributed by atoms with Gasteiger partial charge in [0.15, 0.2) is 5.82 Å². The summed E-state index contributed by atoms with van der Waals surface area (Å²) in [6, 6.07) is 5.39. The SMILES string of the molecule is CCCCNC(=O)Cc1c(C)nc(-c2ccccn2)[nH]c1=O. The van der Waals surface area contributed by atoms with Gasteiger partial charge in [-0.3, -0.25) is 14.6 Å². The van der Waals surface area contributed by atoms with E-state index in [-0.39, 0.29) is 17.9 Å². The molecule has 0 bridgehead atoms. The second kappa shape index (κ2) is 7.49. The number of aromatic nitrogens is 3. The van der Waals surface area contributed by atoms with Gasteiger partial charge in [0.25, 0.3) is 5.56 Å². The van der Waals surface area contributed by atoms with Gasteiger partial charge in [0.05, 0.1) is 6.42 Å². The first-order valence-corrected chi connectivity index (χ1v) is 7.39. The summed E-state index contributed by atoms with van der Waals surface area (Å²) in [6.45, 7) is 4.42. The molecule has 0 aliphatic carbocycles. The molecule has 0 unspecified atom stereocenters. The highest BCUT2D eigenvalue weighted by Crippen LogP contribution is 2.11. The smallest absolute Gasteiger partial charge is 0.255 e. The largest absolute Gasteiger partial charge is 0.356 e. The number of unbranched alkanes of at least 4 members (excludes halogenated alkanes) is 1. The zero-order valence-electron chi connectivity index (χ0n) is 12.8. The molecule has 6 heteroatoms. The number of carbonyl (C=O) groups is 1. The van der Waals surface area contributed by atoms with Gasteiger partial charge in [-0.05, 0) is 25.5 Å². The Morgan fingerprint density at radius 1 is 1.36 bits per heavy atom. The van der Waals surface area contributed by atoms with Crippen LogP contribution in [0.15, 0.2) is 29.2 Å². The van der Waals surface area contributed by atoms with E-state index in [0.717, 1.165) is 12.8 Å². The highest BCUT2D eigenvalue weighted by Gasteiger charge is 2.13. The predicted octanol–water partition coefficient (Wildman–Crippen LogP) is 1.60. The summed E-state index contributed by atoms with van der Waals surface area (Å²) in [5, 5.41) is 2.80. The van der Waals surface area contributed by atoms with Crippen molar-refractivity contribution in [2.45, 2.75) is 33.1 Å². The number of nitrogens with zero attached hydrogens (tertiary/aromatic N) is 2. The lowest BCUT2D eigenvalue weighted by Crippen LogP contribution is -2.29. The molecule has 6 nitrogen and oxygen atoms in total. The second-order valence-electron chi connectivity index (χ2n) is 5.07. The predicted molar refractivity (Wildman–Crippen MR) is 84.4 cm³/mol. The molecule has 116 valence electrons. The van der Waals surface area contributed by atoms with E-state index < -0.39 is 0 Å². The van der Waals surface area contributed by atoms with E-state index in [1.807, 2.05) is 6.07 Å². The number of aryl methyl sites for hydroxylation is 1. The van der Waals surface area contributed by atoms with E-state index in [9.17, 15) is 9.59 Å². The fourth-order valence-corrected chi connectivity index (χ4v) is 2.07. The Morgan fingerprint density at radius 3 is 2.82 bits per heavy atom. The minimum atomic E-state index is -0.293. The van der Waals surface area contributed by atoms with Crippen molar-refractivity contribution in [2.24, 2.45) is 0 Å². The van der Waals surface area contributed by atoms with Gasteiger partial charge in [-0.1, -0.05) is 19.4 Å². The Hall–Kier alpha value is -2.50. The van der Waals surface area contributed by atoms with Crippen molar-refractivity contribution in [3.8, 4) is 11.5 Å². The Morgan fingerprint density at radius 2 is 2.18 bits per heavy atom. The van der Waals surface area contributed by atoms with Crippen LogP contribution >= 0.6 is 0 Å². The van der Waals surface area contributed by atoms with Crippen LogP contribution in [0.2, 0.25) is 0 Å². The molecule has 0 spiro atoms. The summed E-state index contributed by atoms with van der Waals surface area (Å²) in [6.07, 6.45) is 3.62. The van der Waals surface area contributed by atoms with Crippen LogP contribution < -0.4 is 10.9 Å². The lowest BCUT2D eigenvalue weighted by Gasteiger charge is -2.07. The summed E-state index contributed by atoms with van der Waals surface area (Å²) >= 11 is 0. The van der Waals surface area contributed by atoms with Gasteiger partial charge in [0, 0.05) is 24.0 Å². The molecule has 0 saturated heterocycles. The maximum Gasteiger partial charge on any atom is 0.255 e. The zero-order chi connectivity index (χ0) is 15.9. The van der Waals surface area contributed by atoms with Crippen molar-refractivity contribution in [3.63, 3.8) is 0 Å². The molecular formula is C16H20N4O2. The second-order valence-corrected chi connectivity index (χ2v) is 5.07. The number of amides is 1. The fraction of sp³-hybridized carbons (Fsp3) is 0.375. The Kier molecular flexibility index (Phi) is 5.41. The average molecular weight is 300 g/mol. The maximum atomic E-state index is 12.2. The highest BCUT2D eigenvalue weighted by atomic mass is 16.2. The van der Waals surface area contributed by atoms with Crippen LogP contribution in [-0.4, -0.2) is 27.4 Å². The van der Waals surface area contributed by atoms with E-state index >= 15 is 0 Å². The van der Waals surface area contributed by atoms with Gasteiger partial charge in [0.2, 0.25) is 5.91 Å². The molecular weight excluding hydrogens is 280 g/mol. The van der Waals surface area contributed by atoms with Crippen LogP contribution in [0.5, 0.6) is 0 Å². The van der Waals surface area contributed by atoms with E-state index in [1.165, 1.54) is 0 Å². The average Bonchev–Trinajstić information content (AvgIpc) is 2.52. The first-order valence-electron chi connectivity index (χ1n) is 7.39. The third kappa shape index (κ3) is 4.00. The molecule has 0 atom stereocenters. The first kappa shape index (κ1) is 15.9. The van der Waals surface area contributed by atoms with Gasteiger partial charge in [-0.25, -0.2) is 4.98 Å². The molecule has 2 heterocycles. The van der Waals surface area contributed by atoms with E-state index in [0.29, 0.717) is 29.3 Å². The number of pyridine rings is 1. The lowest BCUT2D eigenvalue weighted by atomic mass is 10.1. The van der Waals surface area contributed by atoms with Crippen LogP contribution in [0.3, 0.4) is 0 Å². The lowest BCUT2D eigenvalue weighted by molar-refractivity contribution is -0.120. The molecule has 0 aliphatic heterocycles. The van der Waals surface area contributed by atoms with Gasteiger partial charge in [0.1, 0.15) is 5.69 Å². The number of rotatable bonds is 6. The topological polar surface area (TPSA) is 87.7 Å². The Bertz CT molecular complexity index is 695. The Labute approximate surface area is 129 Å². The van der Waals surface area contributed by atoms with Crippen LogP contribution in [0.1, 0.15) is 31.0 Å². The summed E-state index contributed by atoms with van der Waals surface area (Å²) < 4.78 is 0. The number of hydrogen-bond acceptors (Lipinski definition) is 4. The summed E-state index contributed by atoms with van der Waals surface area (Å²) in [4.78, 5) is 35.3. The van der Waals surface area contributed by atoms with Gasteiger partial charge in [-0.2, -0.15) is 0 Å². The summed E-state index contributed by atoms with van der Waals surface area (Å²) in [5.41, 5.74) is 1.25. The molecule has 0 fully saturated rings. The standard InChI is InChI=1S/C16H20N4O2/c1-3-4-8-18-14(21)10-12-11(2)19-15(20-16(12)22)13-7-5-6-9-17-13/h5-7,9H,3-4,8,10H2,1-2H3,(H,18,21)(H,19,20,22). The van der Waals surface area contributed by atoms with Gasteiger partial charge in [-0.15, -0.1) is 0 Å². The molecule has 0 saturated carbocycles. The molecule has 22 heavy (non-hydrogen) atoms. The normalized spacial score (nSPS) is 10.5. The zero-order valence-corrected chi connectivity index (χ0v) is 12.8. The van der Waals surface area contributed by atoms with E-state index in [1.54, 1.807) is 25.3 Å². The van der Waals surface area contributed by atoms with Crippen LogP contribution in [0.4, 0.5) is 0 Å². The van der Waals surface area contributed by atoms with Crippen molar-refractivity contribution < 1.29 is 4.79 Å². The quantitative estimate of drug-likeness (QED) is 0.793. The third-order valence-corrected chi connectivity index (χ3v) is 3.32. The number of H-pyrrole nitrogens is 1. The summed E-state index contributed by atoms with van der Waals surface area (Å²) in [5.74, 6) is 0.257. The first-order chi connectivity index (χ1) is 10.6. The fourth-order valence-electron chi connectivity index (χ4n) is 2.07. The molecule has 2 N–H and O–H groups in total. The van der Waals surface area contributed by atoms with E-state index in [4.69, 9.17) is 0 Å². The highest BCUT2D eigenvalue weighted by molar-refractivity contribution is 5.78. The number of nitrogens with one attached hydrogen (secondary N) is 2. The van der Waals surface area contributed by atoms with Crippen LogP contribution in [0, 0.1) is 6.92 Å². The third-order valence-electron chi connectivity index (χ3n) is 3.32. The number of carbonyl (C=O) groups excluding carboxylic acids is 1. The van der Waals surface area contributed by atoms with Crippen molar-refractivity contribution >= 4 is 5.91 Å². The summed E-state index contributed by atoms with van der Waals surface area (Å²) in [7, 11) is 0. The molecule has 2 rings (SSSR count). The molecule has 0 aliphatic rings. The minimum absolute atomic E-state index is 0.0420. The molecule has 0 aromatic carbocycles. The van der Waals surface area contributed by atoms with Crippen molar-refractivity contribution in [1.82, 2.24) is 20.3 Å². The van der Waals surface area contributed by atoms with Gasteiger partial charge >= 0.3 is 0 Å². The van der Waals surface area contributed by atoms with Crippen molar-refractivity contribution in [3.05, 3.63) is 46.0 Å². The maximum absolute atomic E-state index is 12.2. The molecule has 0 radical (unpaired) electrons. The monoisotopic (exact) mass is 300 g/mol. The van der Waals surface area contributed by atoms with Crippen LogP contribution in [0.25, 0.3) is 11.5 Å². The number of hydrogen-bond donors (Lipinski definition) is 2. The van der Waals surface area contributed by atoms with Crippen molar-refractivity contribution in [2.75, 3.05) is 6.54 Å².